The van der Waals surface area contributed by atoms with Gasteiger partial charge in [-0.25, -0.2) is 4.79 Å². The van der Waals surface area contributed by atoms with Crippen LogP contribution in [0.4, 0.5) is 0 Å². The number of carbonyl (C=O) groups is 1. The fourth-order valence-corrected chi connectivity index (χ4v) is 2.10. The van der Waals surface area contributed by atoms with E-state index in [1.807, 2.05) is 22.6 Å². The first kappa shape index (κ1) is 15.5. The van der Waals surface area contributed by atoms with Crippen molar-refractivity contribution >= 4 is 41.2 Å². The van der Waals surface area contributed by atoms with Crippen molar-refractivity contribution in [1.82, 2.24) is 0 Å². The first-order valence-corrected chi connectivity index (χ1v) is 6.94. The Hall–Kier alpha value is 0.510. The molecule has 0 bridgehead atoms. The van der Waals surface area contributed by atoms with Crippen molar-refractivity contribution in [2.45, 2.75) is 54.3 Å². The molecule has 0 heterocycles. The van der Waals surface area contributed by atoms with Gasteiger partial charge < -0.3 is 10.2 Å². The van der Waals surface area contributed by atoms with Crippen LogP contribution in [0.3, 0.4) is 0 Å². The molecule has 0 saturated heterocycles. The summed E-state index contributed by atoms with van der Waals surface area (Å²) >= 11 is 5.72. The van der Waals surface area contributed by atoms with Gasteiger partial charge in [0.15, 0.2) is 0 Å². The number of rotatable bonds is 8. The molecule has 0 aromatic carbocycles. The first-order chi connectivity index (χ1) is 6.92. The molecule has 15 heavy (non-hydrogen) atoms. The Kier molecular flexibility index (Phi) is 7.99. The van der Waals surface area contributed by atoms with Gasteiger partial charge in [-0.2, -0.15) is 0 Å². The molecule has 0 aliphatic carbocycles. The average molecular weight is 346 g/mol. The second-order valence-electron chi connectivity index (χ2n) is 3.70. The van der Waals surface area contributed by atoms with Gasteiger partial charge >= 0.3 is 5.97 Å². The number of thiol groups is 1. The van der Waals surface area contributed by atoms with E-state index in [-0.39, 0.29) is 3.92 Å². The topological polar surface area (TPSA) is 57.5 Å². The van der Waals surface area contributed by atoms with E-state index in [0.29, 0.717) is 6.42 Å². The van der Waals surface area contributed by atoms with Crippen LogP contribution in [0.25, 0.3) is 0 Å². The van der Waals surface area contributed by atoms with Crippen LogP contribution in [0.15, 0.2) is 0 Å². The lowest BCUT2D eigenvalue weighted by Gasteiger charge is -2.23. The Bertz CT molecular complexity index is 197. The molecule has 0 aromatic rings. The van der Waals surface area contributed by atoms with E-state index < -0.39 is 10.9 Å². The molecule has 0 radical (unpaired) electrons. The Morgan fingerprint density at radius 3 is 2.40 bits per heavy atom. The van der Waals surface area contributed by atoms with E-state index in [1.54, 1.807) is 0 Å². The minimum absolute atomic E-state index is 0.349. The maximum absolute atomic E-state index is 10.7. The number of carboxylic acids is 1. The normalized spacial score (nSPS) is 17.1. The van der Waals surface area contributed by atoms with E-state index in [1.165, 1.54) is 19.3 Å². The van der Waals surface area contributed by atoms with Gasteiger partial charge in [0, 0.05) is 0 Å². The molecule has 2 N–H and O–H groups in total. The van der Waals surface area contributed by atoms with Crippen LogP contribution < -0.4 is 0 Å². The summed E-state index contributed by atoms with van der Waals surface area (Å²) in [4.78, 5) is 8.77. The molecule has 0 aromatic heterocycles. The minimum atomic E-state index is -1.90. The van der Waals surface area contributed by atoms with E-state index in [4.69, 9.17) is 5.11 Å². The summed E-state index contributed by atoms with van der Waals surface area (Å²) < 4.78 is -0.349. The zero-order chi connectivity index (χ0) is 11.9. The van der Waals surface area contributed by atoms with Crippen LogP contribution in [0.5, 0.6) is 0 Å². The fourth-order valence-electron chi connectivity index (χ4n) is 1.26. The summed E-state index contributed by atoms with van der Waals surface area (Å²) in [5, 5.41) is 18.2. The zero-order valence-corrected chi connectivity index (χ0v) is 12.0. The maximum atomic E-state index is 10.7. The van der Waals surface area contributed by atoms with Crippen LogP contribution in [0.1, 0.15) is 45.4 Å². The largest absolute Gasteiger partial charge is 0.478 e. The first-order valence-electron chi connectivity index (χ1n) is 5.25. The van der Waals surface area contributed by atoms with Crippen LogP contribution in [0.2, 0.25) is 0 Å². The molecule has 0 spiro atoms. The summed E-state index contributed by atoms with van der Waals surface area (Å²) in [6.45, 7) is 2.15. The molecular weight excluding hydrogens is 327 g/mol. The van der Waals surface area contributed by atoms with Gasteiger partial charge in [-0.05, 0) is 6.42 Å². The molecule has 2 atom stereocenters. The summed E-state index contributed by atoms with van der Waals surface area (Å²) in [5.74, 6) is -1.27. The molecule has 2 unspecified atom stereocenters. The Morgan fingerprint density at radius 1 is 1.40 bits per heavy atom. The highest BCUT2D eigenvalue weighted by atomic mass is 127. The maximum Gasteiger partial charge on any atom is 0.347 e. The molecule has 0 rings (SSSR count). The number of hydrogen-bond acceptors (Lipinski definition) is 3. The van der Waals surface area contributed by atoms with E-state index in [0.717, 1.165) is 12.8 Å². The molecule has 0 aliphatic rings. The van der Waals surface area contributed by atoms with Gasteiger partial charge in [-0.15, -0.1) is 12.6 Å². The molecule has 0 fully saturated rings. The van der Waals surface area contributed by atoms with Crippen molar-refractivity contribution < 1.29 is 15.0 Å². The third-order valence-corrected chi connectivity index (χ3v) is 4.83. The number of carboxylic acid groups (broad SMARTS) is 1. The number of halogens is 1. The Balaban J connectivity index is 3.73. The zero-order valence-electron chi connectivity index (χ0n) is 8.95. The average Bonchev–Trinajstić information content (AvgIpc) is 2.16. The standard InChI is InChI=1S/C10H19IO3S/c1-2-3-4-5-6-7-8(11)10(14,15)9(12)13/h8,14-15H,2-7H2,1H3,(H,12,13). The summed E-state index contributed by atoms with van der Waals surface area (Å²) in [7, 11) is 0. The Labute approximate surface area is 110 Å². The highest BCUT2D eigenvalue weighted by Crippen LogP contribution is 2.28. The predicted octanol–water partition coefficient (Wildman–Crippen LogP) is 2.85. The third-order valence-electron chi connectivity index (χ3n) is 2.31. The van der Waals surface area contributed by atoms with Crippen LogP contribution in [-0.2, 0) is 4.79 Å². The summed E-state index contributed by atoms with van der Waals surface area (Å²) in [5.41, 5.74) is 0. The molecule has 0 amide bonds. The third kappa shape index (κ3) is 5.97. The second kappa shape index (κ2) is 7.73. The quantitative estimate of drug-likeness (QED) is 0.208. The van der Waals surface area contributed by atoms with Gasteiger partial charge in [0.25, 0.3) is 0 Å². The van der Waals surface area contributed by atoms with Gasteiger partial charge in [-0.1, -0.05) is 61.6 Å². The minimum Gasteiger partial charge on any atom is -0.478 e. The van der Waals surface area contributed by atoms with Crippen molar-refractivity contribution in [3.63, 3.8) is 0 Å². The Morgan fingerprint density at radius 2 is 1.93 bits per heavy atom. The second-order valence-corrected chi connectivity index (χ2v) is 5.89. The fraction of sp³-hybridized carbons (Fsp3) is 0.900. The predicted molar refractivity (Wildman–Crippen MR) is 72.8 cm³/mol. The lowest BCUT2D eigenvalue weighted by molar-refractivity contribution is -0.149. The summed E-state index contributed by atoms with van der Waals surface area (Å²) in [6, 6.07) is 0. The highest BCUT2D eigenvalue weighted by Gasteiger charge is 2.38. The molecular formula is C10H19IO3S. The smallest absolute Gasteiger partial charge is 0.347 e. The van der Waals surface area contributed by atoms with Crippen molar-refractivity contribution in [2.75, 3.05) is 0 Å². The lowest BCUT2D eigenvalue weighted by Crippen LogP contribution is -2.41. The van der Waals surface area contributed by atoms with Crippen LogP contribution in [0, 0.1) is 0 Å². The molecule has 3 nitrogen and oxygen atoms in total. The van der Waals surface area contributed by atoms with E-state index >= 15 is 0 Å². The molecule has 0 aliphatic heterocycles. The molecule has 5 heteroatoms. The van der Waals surface area contributed by atoms with Gasteiger partial charge in [-0.3, -0.25) is 0 Å². The molecule has 90 valence electrons. The van der Waals surface area contributed by atoms with Crippen molar-refractivity contribution in [2.24, 2.45) is 0 Å². The highest BCUT2D eigenvalue weighted by molar-refractivity contribution is 14.1. The van der Waals surface area contributed by atoms with Gasteiger partial charge in [0.1, 0.15) is 0 Å². The van der Waals surface area contributed by atoms with Crippen LogP contribution >= 0.6 is 35.2 Å². The van der Waals surface area contributed by atoms with Gasteiger partial charge in [0.2, 0.25) is 4.93 Å². The SMILES string of the molecule is CCCCCCCC(I)C(O)(S)C(=O)O. The van der Waals surface area contributed by atoms with Crippen molar-refractivity contribution in [3.8, 4) is 0 Å². The molecule has 0 saturated carbocycles. The summed E-state index contributed by atoms with van der Waals surface area (Å²) in [6.07, 6.45) is 6.32. The number of aliphatic carboxylic acids is 1. The lowest BCUT2D eigenvalue weighted by atomic mass is 10.1. The van der Waals surface area contributed by atoms with Crippen molar-refractivity contribution in [3.05, 3.63) is 0 Å². The number of alkyl halides is 1. The van der Waals surface area contributed by atoms with E-state index in [2.05, 4.69) is 19.6 Å². The number of aliphatic hydroxyl groups is 1. The number of unbranched alkanes of at least 4 members (excludes halogenated alkanes) is 4. The number of hydrogen-bond donors (Lipinski definition) is 3. The van der Waals surface area contributed by atoms with Crippen LogP contribution in [-0.4, -0.2) is 25.0 Å². The van der Waals surface area contributed by atoms with E-state index in [9.17, 15) is 9.90 Å². The van der Waals surface area contributed by atoms with Gasteiger partial charge in [0.05, 0.1) is 3.92 Å². The monoisotopic (exact) mass is 346 g/mol. The van der Waals surface area contributed by atoms with Crippen molar-refractivity contribution in [1.29, 1.82) is 0 Å².